The molecule has 0 unspecified atom stereocenters. The lowest BCUT2D eigenvalue weighted by atomic mass is 9.83. The van der Waals surface area contributed by atoms with Gasteiger partial charge in [0.2, 0.25) is 0 Å². The number of carbonyl (C=O) groups is 1. The molecule has 2 fully saturated rings. The second-order valence-corrected chi connectivity index (χ2v) is 8.79. The van der Waals surface area contributed by atoms with E-state index in [4.69, 9.17) is 4.74 Å². The Hall–Kier alpha value is -1.63. The van der Waals surface area contributed by atoms with E-state index < -0.39 is 0 Å². The van der Waals surface area contributed by atoms with Gasteiger partial charge in [0.1, 0.15) is 5.69 Å². The van der Waals surface area contributed by atoms with E-state index in [2.05, 4.69) is 28.6 Å². The Balaban J connectivity index is 1.20. The number of nitrogens with one attached hydrogen (secondary N) is 1. The van der Waals surface area contributed by atoms with Gasteiger partial charge in [-0.25, -0.2) is 0 Å². The molecule has 4 rings (SSSR count). The molecule has 2 aromatic heterocycles. The molecule has 2 aromatic rings. The first-order valence-electron chi connectivity index (χ1n) is 9.33. The summed E-state index contributed by atoms with van der Waals surface area (Å²) in [6.07, 6.45) is 4.11. The molecule has 0 saturated carbocycles. The van der Waals surface area contributed by atoms with Crippen LogP contribution in [0.1, 0.15) is 33.8 Å². The molecule has 1 amide bonds. The largest absolute Gasteiger partial charge is 0.372 e. The molecule has 2 aliphatic rings. The Morgan fingerprint density at radius 2 is 2.27 bits per heavy atom. The summed E-state index contributed by atoms with van der Waals surface area (Å²) in [5, 5.41) is 5.23. The maximum atomic E-state index is 12.2. The maximum Gasteiger partial charge on any atom is 0.267 e. The fourth-order valence-electron chi connectivity index (χ4n) is 4.00. The molecule has 4 heterocycles. The monoisotopic (exact) mass is 373 g/mol. The molecule has 140 valence electrons. The molecule has 0 radical (unpaired) electrons. The standard InChI is InChI=1S/C20H27N3O2S/c1-15-6-9-26-18(15)11-23-13-20(14-23)7-5-16(12-25-20)10-21-19(24)17-4-3-8-22(17)2/h3-4,6,8-9,16H,5,7,10-14H2,1-2H3,(H,21,24)/t16-/m1/s1. The first-order valence-corrected chi connectivity index (χ1v) is 10.2. The molecule has 1 spiro atoms. The SMILES string of the molecule is Cc1ccsc1CN1CC2(CC[C@H](CNC(=O)c3cccn3C)CO2)C1. The molecule has 1 atom stereocenters. The number of likely N-dealkylation sites (tertiary alicyclic amines) is 1. The van der Waals surface area contributed by atoms with Crippen LogP contribution in [0.2, 0.25) is 0 Å². The van der Waals surface area contributed by atoms with Gasteiger partial charge in [0, 0.05) is 44.3 Å². The first-order chi connectivity index (χ1) is 12.5. The van der Waals surface area contributed by atoms with Gasteiger partial charge in [0.05, 0.1) is 12.2 Å². The van der Waals surface area contributed by atoms with Crippen molar-refractivity contribution in [1.29, 1.82) is 0 Å². The van der Waals surface area contributed by atoms with Crippen molar-refractivity contribution >= 4 is 17.2 Å². The average molecular weight is 374 g/mol. The van der Waals surface area contributed by atoms with Crippen LogP contribution in [0.15, 0.2) is 29.8 Å². The Morgan fingerprint density at radius 3 is 2.88 bits per heavy atom. The highest BCUT2D eigenvalue weighted by Gasteiger charge is 2.46. The number of aryl methyl sites for hydroxylation is 2. The molecule has 0 aliphatic carbocycles. The van der Waals surface area contributed by atoms with Crippen LogP contribution in [0.25, 0.3) is 0 Å². The van der Waals surface area contributed by atoms with E-state index in [1.54, 1.807) is 0 Å². The topological polar surface area (TPSA) is 46.5 Å². The van der Waals surface area contributed by atoms with Crippen molar-refractivity contribution in [3.05, 3.63) is 45.9 Å². The van der Waals surface area contributed by atoms with Crippen LogP contribution in [-0.4, -0.2) is 47.2 Å². The zero-order valence-corrected chi connectivity index (χ0v) is 16.3. The molecular formula is C20H27N3O2S. The van der Waals surface area contributed by atoms with Gasteiger partial charge in [-0.05, 0) is 54.8 Å². The number of aromatic nitrogens is 1. The van der Waals surface area contributed by atoms with E-state index >= 15 is 0 Å². The van der Waals surface area contributed by atoms with E-state index in [9.17, 15) is 4.79 Å². The summed E-state index contributed by atoms with van der Waals surface area (Å²) < 4.78 is 8.09. The van der Waals surface area contributed by atoms with Crippen LogP contribution < -0.4 is 5.32 Å². The van der Waals surface area contributed by atoms with Crippen molar-refractivity contribution in [3.63, 3.8) is 0 Å². The zero-order valence-electron chi connectivity index (χ0n) is 15.5. The van der Waals surface area contributed by atoms with Crippen LogP contribution in [-0.2, 0) is 18.3 Å². The highest BCUT2D eigenvalue weighted by atomic mass is 32.1. The number of amides is 1. The fourth-order valence-corrected chi connectivity index (χ4v) is 4.95. The highest BCUT2D eigenvalue weighted by molar-refractivity contribution is 7.10. The van der Waals surface area contributed by atoms with Gasteiger partial charge in [0.25, 0.3) is 5.91 Å². The third-order valence-electron chi connectivity index (χ3n) is 5.72. The fraction of sp³-hybridized carbons (Fsp3) is 0.550. The molecule has 0 bridgehead atoms. The predicted molar refractivity (Wildman–Crippen MR) is 103 cm³/mol. The molecule has 2 aliphatic heterocycles. The third kappa shape index (κ3) is 3.59. The van der Waals surface area contributed by atoms with Gasteiger partial charge in [-0.1, -0.05) is 0 Å². The van der Waals surface area contributed by atoms with Gasteiger partial charge < -0.3 is 14.6 Å². The molecule has 26 heavy (non-hydrogen) atoms. The van der Waals surface area contributed by atoms with Gasteiger partial charge in [0.15, 0.2) is 0 Å². The van der Waals surface area contributed by atoms with E-state index in [1.165, 1.54) is 10.4 Å². The van der Waals surface area contributed by atoms with Crippen molar-refractivity contribution in [2.24, 2.45) is 13.0 Å². The summed E-state index contributed by atoms with van der Waals surface area (Å²) in [7, 11) is 1.89. The summed E-state index contributed by atoms with van der Waals surface area (Å²) >= 11 is 1.85. The van der Waals surface area contributed by atoms with E-state index in [0.717, 1.165) is 39.1 Å². The second kappa shape index (κ2) is 7.18. The normalized spacial score (nSPS) is 22.3. The summed E-state index contributed by atoms with van der Waals surface area (Å²) in [5.41, 5.74) is 2.16. The number of rotatable bonds is 5. The lowest BCUT2D eigenvalue weighted by molar-refractivity contribution is -0.181. The van der Waals surface area contributed by atoms with Crippen LogP contribution >= 0.6 is 11.3 Å². The van der Waals surface area contributed by atoms with Crippen LogP contribution in [0.5, 0.6) is 0 Å². The van der Waals surface area contributed by atoms with Crippen molar-refractivity contribution in [1.82, 2.24) is 14.8 Å². The van der Waals surface area contributed by atoms with Crippen LogP contribution in [0, 0.1) is 12.8 Å². The molecule has 2 saturated heterocycles. The minimum absolute atomic E-state index is 0.000997. The quantitative estimate of drug-likeness (QED) is 0.877. The number of hydrogen-bond donors (Lipinski definition) is 1. The number of ether oxygens (including phenoxy) is 1. The maximum absolute atomic E-state index is 12.2. The van der Waals surface area contributed by atoms with Gasteiger partial charge in [-0.15, -0.1) is 11.3 Å². The van der Waals surface area contributed by atoms with Gasteiger partial charge >= 0.3 is 0 Å². The second-order valence-electron chi connectivity index (χ2n) is 7.79. The van der Waals surface area contributed by atoms with Crippen molar-refractivity contribution < 1.29 is 9.53 Å². The van der Waals surface area contributed by atoms with E-state index in [1.807, 2.05) is 41.3 Å². The van der Waals surface area contributed by atoms with Crippen molar-refractivity contribution in [2.75, 3.05) is 26.2 Å². The average Bonchev–Trinajstić information content (AvgIpc) is 3.21. The Labute approximate surface area is 159 Å². The lowest BCUT2D eigenvalue weighted by Crippen LogP contribution is -2.64. The zero-order chi connectivity index (χ0) is 18.1. The summed E-state index contributed by atoms with van der Waals surface area (Å²) in [5.74, 6) is 0.414. The Bertz CT molecular complexity index is 766. The number of thiophene rings is 1. The minimum atomic E-state index is -0.000997. The van der Waals surface area contributed by atoms with E-state index in [0.29, 0.717) is 18.2 Å². The van der Waals surface area contributed by atoms with Gasteiger partial charge in [-0.3, -0.25) is 9.69 Å². The summed E-state index contributed by atoms with van der Waals surface area (Å²) in [4.78, 5) is 16.2. The Kier molecular flexibility index (Phi) is 4.90. The molecule has 6 heteroatoms. The van der Waals surface area contributed by atoms with E-state index in [-0.39, 0.29) is 11.5 Å². The molecular weight excluding hydrogens is 346 g/mol. The van der Waals surface area contributed by atoms with Crippen molar-refractivity contribution in [3.8, 4) is 0 Å². The van der Waals surface area contributed by atoms with Crippen LogP contribution in [0.4, 0.5) is 0 Å². The molecule has 1 N–H and O–H groups in total. The summed E-state index contributed by atoms with van der Waals surface area (Å²) in [6, 6.07) is 5.93. The van der Waals surface area contributed by atoms with Crippen molar-refractivity contribution in [2.45, 2.75) is 31.9 Å². The van der Waals surface area contributed by atoms with Gasteiger partial charge in [-0.2, -0.15) is 0 Å². The third-order valence-corrected chi connectivity index (χ3v) is 6.73. The Morgan fingerprint density at radius 1 is 1.42 bits per heavy atom. The lowest BCUT2D eigenvalue weighted by Gasteiger charge is -2.53. The minimum Gasteiger partial charge on any atom is -0.372 e. The highest BCUT2D eigenvalue weighted by Crippen LogP contribution is 2.37. The smallest absolute Gasteiger partial charge is 0.267 e. The summed E-state index contributed by atoms with van der Waals surface area (Å²) in [6.45, 7) is 6.74. The number of hydrogen-bond acceptors (Lipinski definition) is 4. The van der Waals surface area contributed by atoms with Crippen LogP contribution in [0.3, 0.4) is 0 Å². The number of carbonyl (C=O) groups excluding carboxylic acids is 1. The predicted octanol–water partition coefficient (Wildman–Crippen LogP) is 2.81. The molecule has 5 nitrogen and oxygen atoms in total. The number of nitrogens with zero attached hydrogens (tertiary/aromatic N) is 2. The first kappa shape index (κ1) is 17.8. The molecule has 0 aromatic carbocycles.